The Labute approximate surface area is 120 Å². The highest BCUT2D eigenvalue weighted by molar-refractivity contribution is 5.57. The molecule has 0 radical (unpaired) electrons. The Hall–Kier alpha value is -2.17. The summed E-state index contributed by atoms with van der Waals surface area (Å²) in [5.41, 5.74) is 1.62. The summed E-state index contributed by atoms with van der Waals surface area (Å²) in [5, 5.41) is 3.29. The van der Waals surface area contributed by atoms with E-state index in [4.69, 9.17) is 4.74 Å². The van der Waals surface area contributed by atoms with Gasteiger partial charge >= 0.3 is 6.18 Å². The number of benzene rings is 2. The van der Waals surface area contributed by atoms with Gasteiger partial charge in [0.05, 0.1) is 12.2 Å². The van der Waals surface area contributed by atoms with Crippen LogP contribution in [0.15, 0.2) is 48.5 Å². The molecule has 1 aliphatic rings. The molecule has 1 aliphatic heterocycles. The summed E-state index contributed by atoms with van der Waals surface area (Å²) >= 11 is 0. The SMILES string of the molecule is FC(F)(F)c1ccc(OCC2CNc3ccccc32)cc1. The lowest BCUT2D eigenvalue weighted by Gasteiger charge is -2.13. The van der Waals surface area contributed by atoms with Gasteiger partial charge in [-0.3, -0.25) is 0 Å². The van der Waals surface area contributed by atoms with Gasteiger partial charge in [-0.15, -0.1) is 0 Å². The summed E-state index contributed by atoms with van der Waals surface area (Å²) in [7, 11) is 0. The van der Waals surface area contributed by atoms with Crippen LogP contribution in [-0.2, 0) is 6.18 Å². The highest BCUT2D eigenvalue weighted by Gasteiger charge is 2.30. The van der Waals surface area contributed by atoms with Gasteiger partial charge in [0.15, 0.2) is 0 Å². The lowest BCUT2D eigenvalue weighted by molar-refractivity contribution is -0.137. The number of fused-ring (bicyclic) bond motifs is 1. The number of rotatable bonds is 3. The molecular formula is C16H14F3NO. The van der Waals surface area contributed by atoms with E-state index in [1.165, 1.54) is 17.7 Å². The maximum absolute atomic E-state index is 12.5. The molecule has 1 heterocycles. The van der Waals surface area contributed by atoms with E-state index in [9.17, 15) is 13.2 Å². The fraction of sp³-hybridized carbons (Fsp3) is 0.250. The third-order valence-electron chi connectivity index (χ3n) is 3.57. The fourth-order valence-electron chi connectivity index (χ4n) is 2.44. The highest BCUT2D eigenvalue weighted by Crippen LogP contribution is 2.33. The number of halogens is 3. The van der Waals surface area contributed by atoms with Crippen LogP contribution in [0.3, 0.4) is 0 Å². The quantitative estimate of drug-likeness (QED) is 0.911. The molecule has 110 valence electrons. The van der Waals surface area contributed by atoms with Crippen molar-refractivity contribution < 1.29 is 17.9 Å². The van der Waals surface area contributed by atoms with Gasteiger partial charge in [-0.1, -0.05) is 18.2 Å². The lowest BCUT2D eigenvalue weighted by atomic mass is 10.0. The number of hydrogen-bond donors (Lipinski definition) is 1. The van der Waals surface area contributed by atoms with Crippen molar-refractivity contribution in [3.8, 4) is 5.75 Å². The highest BCUT2D eigenvalue weighted by atomic mass is 19.4. The predicted octanol–water partition coefficient (Wildman–Crippen LogP) is 4.29. The number of anilines is 1. The summed E-state index contributed by atoms with van der Waals surface area (Å²) in [6, 6.07) is 12.8. The van der Waals surface area contributed by atoms with Gasteiger partial charge in [-0.2, -0.15) is 13.2 Å². The average Bonchev–Trinajstić information content (AvgIpc) is 2.88. The molecule has 0 bridgehead atoms. The lowest BCUT2D eigenvalue weighted by Crippen LogP contribution is -2.12. The molecule has 3 rings (SSSR count). The Morgan fingerprint density at radius 3 is 2.48 bits per heavy atom. The number of hydrogen-bond acceptors (Lipinski definition) is 2. The molecule has 0 amide bonds. The van der Waals surface area contributed by atoms with Gasteiger partial charge in [-0.05, 0) is 35.9 Å². The van der Waals surface area contributed by atoms with Crippen molar-refractivity contribution in [1.82, 2.24) is 0 Å². The zero-order chi connectivity index (χ0) is 14.9. The van der Waals surface area contributed by atoms with E-state index >= 15 is 0 Å². The van der Waals surface area contributed by atoms with Gasteiger partial charge < -0.3 is 10.1 Å². The Bertz CT molecular complexity index is 622. The topological polar surface area (TPSA) is 21.3 Å². The van der Waals surface area contributed by atoms with E-state index in [0.29, 0.717) is 12.4 Å². The molecule has 2 nitrogen and oxygen atoms in total. The molecule has 1 atom stereocenters. The maximum atomic E-state index is 12.5. The normalized spacial score (nSPS) is 17.2. The molecule has 1 unspecified atom stereocenters. The van der Waals surface area contributed by atoms with Crippen LogP contribution in [0.25, 0.3) is 0 Å². The number of nitrogens with one attached hydrogen (secondary N) is 1. The number of alkyl halides is 3. The summed E-state index contributed by atoms with van der Waals surface area (Å²) in [4.78, 5) is 0. The van der Waals surface area contributed by atoms with Crippen LogP contribution in [0, 0.1) is 0 Å². The fourth-order valence-corrected chi connectivity index (χ4v) is 2.44. The van der Waals surface area contributed by atoms with Crippen molar-refractivity contribution in [2.24, 2.45) is 0 Å². The Kier molecular flexibility index (Phi) is 3.49. The van der Waals surface area contributed by atoms with Crippen LogP contribution in [0.5, 0.6) is 5.75 Å². The van der Waals surface area contributed by atoms with E-state index in [-0.39, 0.29) is 5.92 Å². The third-order valence-corrected chi connectivity index (χ3v) is 3.57. The molecule has 0 saturated heterocycles. The second-order valence-electron chi connectivity index (χ2n) is 5.00. The van der Waals surface area contributed by atoms with Crippen molar-refractivity contribution >= 4 is 5.69 Å². The van der Waals surface area contributed by atoms with Crippen molar-refractivity contribution in [1.29, 1.82) is 0 Å². The van der Waals surface area contributed by atoms with Crippen LogP contribution in [-0.4, -0.2) is 13.2 Å². The molecule has 1 N–H and O–H groups in total. The van der Waals surface area contributed by atoms with Gasteiger partial charge in [0.2, 0.25) is 0 Å². The number of para-hydroxylation sites is 1. The van der Waals surface area contributed by atoms with Crippen molar-refractivity contribution in [2.75, 3.05) is 18.5 Å². The summed E-state index contributed by atoms with van der Waals surface area (Å²) in [5.74, 6) is 0.663. The zero-order valence-electron chi connectivity index (χ0n) is 11.2. The van der Waals surface area contributed by atoms with Crippen LogP contribution >= 0.6 is 0 Å². The minimum absolute atomic E-state index is 0.212. The van der Waals surface area contributed by atoms with Crippen molar-refractivity contribution in [2.45, 2.75) is 12.1 Å². The van der Waals surface area contributed by atoms with Crippen molar-refractivity contribution in [3.05, 3.63) is 59.7 Å². The molecule has 0 aliphatic carbocycles. The van der Waals surface area contributed by atoms with Gasteiger partial charge in [0, 0.05) is 18.2 Å². The van der Waals surface area contributed by atoms with Gasteiger partial charge in [0.1, 0.15) is 5.75 Å². The van der Waals surface area contributed by atoms with E-state index in [0.717, 1.165) is 24.4 Å². The van der Waals surface area contributed by atoms with Crippen LogP contribution in [0.1, 0.15) is 17.0 Å². The van der Waals surface area contributed by atoms with Crippen LogP contribution < -0.4 is 10.1 Å². The average molecular weight is 293 g/mol. The van der Waals surface area contributed by atoms with E-state index < -0.39 is 11.7 Å². The van der Waals surface area contributed by atoms with Crippen LogP contribution in [0.2, 0.25) is 0 Å². The van der Waals surface area contributed by atoms with E-state index in [1.54, 1.807) is 0 Å². The molecule has 0 aromatic heterocycles. The van der Waals surface area contributed by atoms with E-state index in [2.05, 4.69) is 5.32 Å². The largest absolute Gasteiger partial charge is 0.493 e. The van der Waals surface area contributed by atoms with E-state index in [1.807, 2.05) is 24.3 Å². The summed E-state index contributed by atoms with van der Waals surface area (Å²) in [6.45, 7) is 1.22. The second-order valence-corrected chi connectivity index (χ2v) is 5.00. The Balaban J connectivity index is 1.64. The third kappa shape index (κ3) is 2.96. The molecule has 0 spiro atoms. The maximum Gasteiger partial charge on any atom is 0.416 e. The molecular weight excluding hydrogens is 279 g/mol. The first-order chi connectivity index (χ1) is 10.0. The van der Waals surface area contributed by atoms with Crippen molar-refractivity contribution in [3.63, 3.8) is 0 Å². The Morgan fingerprint density at radius 2 is 1.76 bits per heavy atom. The van der Waals surface area contributed by atoms with Crippen LogP contribution in [0.4, 0.5) is 18.9 Å². The molecule has 21 heavy (non-hydrogen) atoms. The molecule has 5 heteroatoms. The Morgan fingerprint density at radius 1 is 1.05 bits per heavy atom. The second kappa shape index (κ2) is 5.31. The molecule has 0 fully saturated rings. The molecule has 2 aromatic rings. The summed E-state index contributed by atoms with van der Waals surface area (Å²) in [6.07, 6.45) is -4.31. The first kappa shape index (κ1) is 13.8. The smallest absolute Gasteiger partial charge is 0.416 e. The summed E-state index contributed by atoms with van der Waals surface area (Å²) < 4.78 is 43.0. The number of ether oxygens (including phenoxy) is 1. The predicted molar refractivity (Wildman–Crippen MR) is 74.6 cm³/mol. The van der Waals surface area contributed by atoms with Gasteiger partial charge in [0.25, 0.3) is 0 Å². The molecule has 0 saturated carbocycles. The monoisotopic (exact) mass is 293 g/mol. The zero-order valence-corrected chi connectivity index (χ0v) is 11.2. The minimum atomic E-state index is -4.31. The van der Waals surface area contributed by atoms with Gasteiger partial charge in [-0.25, -0.2) is 0 Å². The minimum Gasteiger partial charge on any atom is -0.493 e. The first-order valence-corrected chi connectivity index (χ1v) is 6.67. The standard InChI is InChI=1S/C16H14F3NO/c17-16(18,19)12-5-7-13(8-6-12)21-10-11-9-20-15-4-2-1-3-14(11)15/h1-8,11,20H,9-10H2. The first-order valence-electron chi connectivity index (χ1n) is 6.67. The molecule has 2 aromatic carbocycles.